The second-order valence-corrected chi connectivity index (χ2v) is 13.0. The van der Waals surface area contributed by atoms with Crippen molar-refractivity contribution in [1.82, 2.24) is 39.4 Å². The van der Waals surface area contributed by atoms with Crippen LogP contribution in [0.15, 0.2) is 157 Å². The second-order valence-electron chi connectivity index (χ2n) is 13.0. The van der Waals surface area contributed by atoms with Crippen LogP contribution in [0.4, 0.5) is 0 Å². The zero-order chi connectivity index (χ0) is 35.3. The van der Waals surface area contributed by atoms with E-state index in [9.17, 15) is 4.79 Å². The summed E-state index contributed by atoms with van der Waals surface area (Å²) in [7, 11) is 0. The molecule has 0 fully saturated rings. The van der Waals surface area contributed by atoms with Gasteiger partial charge in [-0.2, -0.15) is 14.6 Å². The van der Waals surface area contributed by atoms with Gasteiger partial charge in [0.1, 0.15) is 11.9 Å². The van der Waals surface area contributed by atoms with Gasteiger partial charge in [-0.25, -0.2) is 4.68 Å². The van der Waals surface area contributed by atoms with Crippen molar-refractivity contribution >= 4 is 5.78 Å². The van der Waals surface area contributed by atoms with Crippen LogP contribution in [-0.2, 0) is 18.5 Å². The lowest BCUT2D eigenvalue weighted by atomic mass is 9.77. The van der Waals surface area contributed by atoms with Crippen LogP contribution in [0.2, 0.25) is 0 Å². The number of fused-ring (bicyclic) bond motifs is 1. The maximum absolute atomic E-state index is 12.8. The van der Waals surface area contributed by atoms with Gasteiger partial charge in [-0.05, 0) is 56.6 Å². The standard InChI is InChI=1S/C43H38N8O/c1-2-3-7-22-37-29-40(52)50-42(44-31-45-50)49(37)30-32-25-27-33(28-26-32)38-23-14-15-24-39(38)41-46-47-48-51(41)43(34-16-8-4-9-17-34,35-18-10-5-11-19-35)36-20-12-6-13-21-36/h4-6,8-21,23-29,31H,2-3,7,22,30H2,1H3. The minimum atomic E-state index is -0.863. The van der Waals surface area contributed by atoms with Crippen molar-refractivity contribution in [1.29, 1.82) is 0 Å². The molecule has 0 unspecified atom stereocenters. The largest absolute Gasteiger partial charge is 0.310 e. The van der Waals surface area contributed by atoms with Crippen LogP contribution in [0, 0.1) is 0 Å². The van der Waals surface area contributed by atoms with Gasteiger partial charge >= 0.3 is 0 Å². The van der Waals surface area contributed by atoms with E-state index >= 15 is 0 Å². The monoisotopic (exact) mass is 682 g/mol. The molecule has 0 saturated carbocycles. The van der Waals surface area contributed by atoms with Crippen LogP contribution in [0.25, 0.3) is 28.3 Å². The van der Waals surface area contributed by atoms with E-state index in [1.165, 1.54) is 10.8 Å². The Balaban J connectivity index is 1.22. The van der Waals surface area contributed by atoms with E-state index in [4.69, 9.17) is 10.3 Å². The van der Waals surface area contributed by atoms with Crippen molar-refractivity contribution in [3.63, 3.8) is 0 Å². The number of hydrogen-bond donors (Lipinski definition) is 0. The number of tetrazole rings is 1. The fraction of sp³-hybridized carbons (Fsp3) is 0.163. The first kappa shape index (κ1) is 32.7. The molecule has 0 atom stereocenters. The molecule has 0 spiro atoms. The van der Waals surface area contributed by atoms with Gasteiger partial charge in [-0.1, -0.05) is 159 Å². The molecule has 9 heteroatoms. The number of aromatic nitrogens is 8. The Bertz CT molecular complexity index is 2370. The van der Waals surface area contributed by atoms with Gasteiger partial charge in [0.2, 0.25) is 5.78 Å². The van der Waals surface area contributed by atoms with E-state index in [1.54, 1.807) is 6.07 Å². The van der Waals surface area contributed by atoms with Gasteiger partial charge < -0.3 is 4.57 Å². The molecule has 0 saturated heterocycles. The van der Waals surface area contributed by atoms with Crippen LogP contribution in [0.5, 0.6) is 0 Å². The lowest BCUT2D eigenvalue weighted by Crippen LogP contribution is -2.39. The van der Waals surface area contributed by atoms with Crippen molar-refractivity contribution in [3.05, 3.63) is 190 Å². The Labute approximate surface area is 301 Å². The fourth-order valence-corrected chi connectivity index (χ4v) is 7.31. The minimum absolute atomic E-state index is 0.152. The van der Waals surface area contributed by atoms with E-state index in [-0.39, 0.29) is 5.56 Å². The first-order chi connectivity index (χ1) is 25.7. The van der Waals surface area contributed by atoms with Crippen LogP contribution in [0.3, 0.4) is 0 Å². The molecule has 0 aliphatic heterocycles. The van der Waals surface area contributed by atoms with Gasteiger partial charge in [0, 0.05) is 17.3 Å². The van der Waals surface area contributed by atoms with E-state index in [2.05, 4.69) is 136 Å². The predicted molar refractivity (Wildman–Crippen MR) is 203 cm³/mol. The van der Waals surface area contributed by atoms with Gasteiger partial charge in [0.25, 0.3) is 5.56 Å². The molecule has 0 aliphatic rings. The number of hydrogen-bond acceptors (Lipinski definition) is 6. The Kier molecular flexibility index (Phi) is 9.06. The third-order valence-electron chi connectivity index (χ3n) is 9.79. The third-order valence-corrected chi connectivity index (χ3v) is 9.79. The van der Waals surface area contributed by atoms with Crippen LogP contribution < -0.4 is 5.56 Å². The van der Waals surface area contributed by atoms with E-state index in [1.807, 2.05) is 35.0 Å². The Morgan fingerprint density at radius 1 is 0.673 bits per heavy atom. The molecule has 256 valence electrons. The van der Waals surface area contributed by atoms with E-state index in [0.717, 1.165) is 70.3 Å². The highest BCUT2D eigenvalue weighted by Crippen LogP contribution is 2.43. The molecule has 0 aliphatic carbocycles. The SMILES string of the molecule is CCCCCc1cc(=O)n2ncnc2n1Cc1ccc(-c2ccccc2-c2nnnn2C(c2ccccc2)(c2ccccc2)c2ccccc2)cc1. The predicted octanol–water partition coefficient (Wildman–Crippen LogP) is 7.83. The highest BCUT2D eigenvalue weighted by atomic mass is 16.1. The lowest BCUT2D eigenvalue weighted by molar-refractivity contribution is 0.451. The van der Waals surface area contributed by atoms with Crippen molar-refractivity contribution in [3.8, 4) is 22.5 Å². The van der Waals surface area contributed by atoms with Crippen molar-refractivity contribution in [2.45, 2.75) is 44.7 Å². The number of unbranched alkanes of at least 4 members (excludes halogenated alkanes) is 2. The van der Waals surface area contributed by atoms with Gasteiger partial charge in [0.05, 0.1) is 6.54 Å². The van der Waals surface area contributed by atoms with Gasteiger partial charge in [-0.3, -0.25) is 4.79 Å². The molecular weight excluding hydrogens is 645 g/mol. The molecule has 5 aromatic carbocycles. The molecule has 3 aromatic heterocycles. The summed E-state index contributed by atoms with van der Waals surface area (Å²) in [5.41, 5.74) is 7.13. The highest BCUT2D eigenvalue weighted by Gasteiger charge is 2.42. The van der Waals surface area contributed by atoms with Crippen LogP contribution in [-0.4, -0.2) is 39.4 Å². The molecule has 8 rings (SSSR count). The Morgan fingerprint density at radius 3 is 1.88 bits per heavy atom. The molecule has 52 heavy (non-hydrogen) atoms. The van der Waals surface area contributed by atoms with E-state index < -0.39 is 5.54 Å². The normalized spacial score (nSPS) is 11.6. The molecular formula is C43H38N8O. The Hall–Kier alpha value is -6.48. The molecule has 0 bridgehead atoms. The highest BCUT2D eigenvalue weighted by molar-refractivity contribution is 5.81. The second kappa shape index (κ2) is 14.4. The molecule has 9 nitrogen and oxygen atoms in total. The fourth-order valence-electron chi connectivity index (χ4n) is 7.31. The van der Waals surface area contributed by atoms with Crippen LogP contribution >= 0.6 is 0 Å². The van der Waals surface area contributed by atoms with Gasteiger partial charge in [-0.15, -0.1) is 5.10 Å². The molecule has 0 radical (unpaired) electrons. The summed E-state index contributed by atoms with van der Waals surface area (Å²) in [5, 5.41) is 18.0. The lowest BCUT2D eigenvalue weighted by Gasteiger charge is -2.36. The first-order valence-corrected chi connectivity index (χ1v) is 17.7. The van der Waals surface area contributed by atoms with Gasteiger partial charge in [0.15, 0.2) is 5.82 Å². The maximum Gasteiger partial charge on any atom is 0.275 e. The topological polar surface area (TPSA) is 95.8 Å². The average Bonchev–Trinajstić information content (AvgIpc) is 3.90. The quantitative estimate of drug-likeness (QED) is 0.0963. The van der Waals surface area contributed by atoms with Crippen LogP contribution in [0.1, 0.15) is 54.1 Å². The molecule has 0 N–H and O–H groups in total. The van der Waals surface area contributed by atoms with E-state index in [0.29, 0.717) is 18.1 Å². The summed E-state index contributed by atoms with van der Waals surface area (Å²) >= 11 is 0. The number of rotatable bonds is 12. The summed E-state index contributed by atoms with van der Waals surface area (Å²) < 4.78 is 5.45. The Morgan fingerprint density at radius 2 is 1.27 bits per heavy atom. The first-order valence-electron chi connectivity index (χ1n) is 17.7. The summed E-state index contributed by atoms with van der Waals surface area (Å²) in [6, 6.07) is 49.8. The smallest absolute Gasteiger partial charge is 0.275 e. The number of benzene rings is 5. The molecule has 0 amide bonds. The average molecular weight is 683 g/mol. The maximum atomic E-state index is 12.8. The number of aryl methyl sites for hydroxylation is 1. The minimum Gasteiger partial charge on any atom is -0.310 e. The summed E-state index contributed by atoms with van der Waals surface area (Å²) in [5.74, 6) is 1.20. The zero-order valence-electron chi connectivity index (χ0n) is 29.0. The van der Waals surface area contributed by atoms with Crippen molar-refractivity contribution in [2.75, 3.05) is 0 Å². The zero-order valence-corrected chi connectivity index (χ0v) is 29.0. The third kappa shape index (κ3) is 5.90. The molecule has 3 heterocycles. The summed E-state index contributed by atoms with van der Waals surface area (Å²) in [6.45, 7) is 2.75. The van der Waals surface area contributed by atoms with Crippen molar-refractivity contribution in [2.24, 2.45) is 0 Å². The summed E-state index contributed by atoms with van der Waals surface area (Å²) in [6.07, 6.45) is 5.47. The summed E-state index contributed by atoms with van der Waals surface area (Å²) in [4.78, 5) is 17.2. The van der Waals surface area contributed by atoms with Crippen molar-refractivity contribution < 1.29 is 0 Å². The molecule has 8 aromatic rings. The number of nitrogens with zero attached hydrogens (tertiary/aromatic N) is 8.